The van der Waals surface area contributed by atoms with Crippen LogP contribution in [-0.2, 0) is 4.74 Å². The molecule has 5 nitrogen and oxygen atoms in total. The number of nitrogens with zero attached hydrogens (tertiary/aromatic N) is 2. The van der Waals surface area contributed by atoms with Crippen molar-refractivity contribution in [2.45, 2.75) is 6.92 Å². The molecule has 0 radical (unpaired) electrons. The molecule has 0 fully saturated rings. The second-order valence-corrected chi connectivity index (χ2v) is 5.55. The van der Waals surface area contributed by atoms with E-state index in [1.54, 1.807) is 18.5 Å². The Kier molecular flexibility index (Phi) is 4.63. The molecule has 6 heteroatoms. The number of hydrazone groups is 1. The van der Waals surface area contributed by atoms with Crippen molar-refractivity contribution in [3.8, 4) is 0 Å². The van der Waals surface area contributed by atoms with Crippen LogP contribution in [0.2, 0.25) is 0 Å². The van der Waals surface area contributed by atoms with Crippen LogP contribution in [0.15, 0.2) is 52.9 Å². The number of aromatic nitrogens is 1. The smallest absolute Gasteiger partial charge is 0.357 e. The minimum Gasteiger partial charge on any atom is -0.461 e. The molecule has 0 amide bonds. The third kappa shape index (κ3) is 3.54. The largest absolute Gasteiger partial charge is 0.461 e. The number of rotatable bonds is 5. The van der Waals surface area contributed by atoms with Crippen LogP contribution in [0.1, 0.15) is 23.0 Å². The Labute approximate surface area is 137 Å². The van der Waals surface area contributed by atoms with Gasteiger partial charge < -0.3 is 4.74 Å². The van der Waals surface area contributed by atoms with Crippen LogP contribution in [0.4, 0.5) is 5.13 Å². The predicted molar refractivity (Wildman–Crippen MR) is 93.2 cm³/mol. The number of carbonyl (C=O) groups is 1. The molecule has 1 aromatic heterocycles. The van der Waals surface area contributed by atoms with Crippen molar-refractivity contribution < 1.29 is 9.53 Å². The van der Waals surface area contributed by atoms with Crippen LogP contribution in [0.5, 0.6) is 0 Å². The first kappa shape index (κ1) is 15.2. The molecule has 0 saturated heterocycles. The zero-order valence-electron chi connectivity index (χ0n) is 12.5. The number of esters is 1. The molecule has 1 N–H and O–H groups in total. The molecule has 0 bridgehead atoms. The number of hydrogen-bond acceptors (Lipinski definition) is 6. The van der Waals surface area contributed by atoms with Gasteiger partial charge in [0, 0.05) is 10.9 Å². The van der Waals surface area contributed by atoms with Gasteiger partial charge in [-0.05, 0) is 17.7 Å². The Morgan fingerprint density at radius 3 is 3.00 bits per heavy atom. The molecule has 2 aromatic carbocycles. The highest BCUT2D eigenvalue weighted by Gasteiger charge is 2.10. The summed E-state index contributed by atoms with van der Waals surface area (Å²) in [5.41, 5.74) is 4.15. The number of fused-ring (bicyclic) bond motifs is 1. The van der Waals surface area contributed by atoms with Crippen molar-refractivity contribution in [1.82, 2.24) is 4.98 Å². The Hall–Kier alpha value is -2.73. The van der Waals surface area contributed by atoms with Gasteiger partial charge in [0.15, 0.2) is 5.69 Å². The summed E-state index contributed by atoms with van der Waals surface area (Å²) in [7, 11) is 0. The summed E-state index contributed by atoms with van der Waals surface area (Å²) in [5, 5.41) is 8.69. The average Bonchev–Trinajstić information content (AvgIpc) is 3.04. The Morgan fingerprint density at radius 2 is 2.13 bits per heavy atom. The van der Waals surface area contributed by atoms with Gasteiger partial charge in [-0.3, -0.25) is 5.43 Å². The first-order valence-corrected chi connectivity index (χ1v) is 8.05. The topological polar surface area (TPSA) is 63.6 Å². The lowest BCUT2D eigenvalue weighted by Crippen LogP contribution is -2.04. The molecule has 0 aliphatic rings. The Bertz CT molecular complexity index is 852. The van der Waals surface area contributed by atoms with Crippen LogP contribution >= 0.6 is 11.3 Å². The van der Waals surface area contributed by atoms with Crippen molar-refractivity contribution in [1.29, 1.82) is 0 Å². The summed E-state index contributed by atoms with van der Waals surface area (Å²) in [4.78, 5) is 15.7. The van der Waals surface area contributed by atoms with Crippen molar-refractivity contribution in [3.05, 3.63) is 59.1 Å². The number of ether oxygens (including phenoxy) is 1. The molecule has 1 heterocycles. The van der Waals surface area contributed by atoms with Crippen LogP contribution in [0, 0.1) is 0 Å². The molecule has 0 aliphatic heterocycles. The van der Waals surface area contributed by atoms with E-state index in [2.05, 4.69) is 33.7 Å². The van der Waals surface area contributed by atoms with Gasteiger partial charge in [0.1, 0.15) is 0 Å². The normalized spacial score (nSPS) is 11.0. The molecule has 0 atom stereocenters. The number of benzene rings is 2. The second kappa shape index (κ2) is 7.02. The molecule has 116 valence electrons. The number of anilines is 1. The summed E-state index contributed by atoms with van der Waals surface area (Å²) in [6.45, 7) is 2.09. The maximum absolute atomic E-state index is 11.6. The quantitative estimate of drug-likeness (QED) is 0.439. The molecule has 0 saturated carbocycles. The summed E-state index contributed by atoms with van der Waals surface area (Å²) < 4.78 is 4.90. The summed E-state index contributed by atoms with van der Waals surface area (Å²) in [6.07, 6.45) is 1.74. The Morgan fingerprint density at radius 1 is 1.30 bits per heavy atom. The van der Waals surface area contributed by atoms with E-state index in [1.807, 2.05) is 24.3 Å². The zero-order chi connectivity index (χ0) is 16.1. The zero-order valence-corrected chi connectivity index (χ0v) is 13.3. The lowest BCUT2D eigenvalue weighted by atomic mass is 10.1. The highest BCUT2D eigenvalue weighted by atomic mass is 32.1. The minimum absolute atomic E-state index is 0.291. The monoisotopic (exact) mass is 325 g/mol. The van der Waals surface area contributed by atoms with Crippen LogP contribution in [0.3, 0.4) is 0 Å². The maximum atomic E-state index is 11.6. The average molecular weight is 325 g/mol. The Balaban J connectivity index is 1.72. The summed E-state index contributed by atoms with van der Waals surface area (Å²) in [5.74, 6) is -0.421. The summed E-state index contributed by atoms with van der Waals surface area (Å²) in [6, 6.07) is 14.2. The molecule has 3 rings (SSSR count). The third-order valence-electron chi connectivity index (χ3n) is 3.18. The van der Waals surface area contributed by atoms with E-state index >= 15 is 0 Å². The van der Waals surface area contributed by atoms with Crippen molar-refractivity contribution in [2.24, 2.45) is 5.10 Å². The van der Waals surface area contributed by atoms with Crippen LogP contribution in [-0.4, -0.2) is 23.8 Å². The maximum Gasteiger partial charge on any atom is 0.357 e. The van der Waals surface area contributed by atoms with E-state index in [0.717, 1.165) is 16.3 Å². The van der Waals surface area contributed by atoms with Gasteiger partial charge >= 0.3 is 5.97 Å². The molecule has 0 aliphatic carbocycles. The number of nitrogens with one attached hydrogen (secondary N) is 1. The van der Waals surface area contributed by atoms with Gasteiger partial charge in [-0.15, -0.1) is 11.3 Å². The molecular weight excluding hydrogens is 310 g/mol. The number of hydrogen-bond donors (Lipinski definition) is 1. The standard InChI is InChI=1S/C17H15N3O2S/c1-2-22-16(21)15-11-23-17(19-15)20-18-10-13-8-5-7-12-6-3-4-9-14(12)13/h3-11H,2H2,1H3,(H,19,20)/b18-10+. The van der Waals surface area contributed by atoms with Gasteiger partial charge in [-0.2, -0.15) is 5.10 Å². The van der Waals surface area contributed by atoms with E-state index in [-0.39, 0.29) is 0 Å². The minimum atomic E-state index is -0.421. The fraction of sp³-hybridized carbons (Fsp3) is 0.118. The van der Waals surface area contributed by atoms with Crippen molar-refractivity contribution in [2.75, 3.05) is 12.0 Å². The van der Waals surface area contributed by atoms with Gasteiger partial charge in [0.25, 0.3) is 0 Å². The molecular formula is C17H15N3O2S. The van der Waals surface area contributed by atoms with Crippen molar-refractivity contribution in [3.63, 3.8) is 0 Å². The van der Waals surface area contributed by atoms with E-state index in [9.17, 15) is 4.79 Å². The fourth-order valence-corrected chi connectivity index (χ4v) is 2.77. The first-order valence-electron chi connectivity index (χ1n) is 7.17. The van der Waals surface area contributed by atoms with Crippen LogP contribution in [0.25, 0.3) is 10.8 Å². The first-order chi connectivity index (χ1) is 11.3. The van der Waals surface area contributed by atoms with Gasteiger partial charge in [-0.1, -0.05) is 42.5 Å². The molecule has 23 heavy (non-hydrogen) atoms. The van der Waals surface area contributed by atoms with E-state index < -0.39 is 5.97 Å². The highest BCUT2D eigenvalue weighted by molar-refractivity contribution is 7.13. The molecule has 0 spiro atoms. The lowest BCUT2D eigenvalue weighted by molar-refractivity contribution is 0.0520. The lowest BCUT2D eigenvalue weighted by Gasteiger charge is -2.01. The third-order valence-corrected chi connectivity index (χ3v) is 3.92. The highest BCUT2D eigenvalue weighted by Crippen LogP contribution is 2.18. The summed E-state index contributed by atoms with van der Waals surface area (Å²) >= 11 is 1.31. The predicted octanol–water partition coefficient (Wildman–Crippen LogP) is 3.92. The van der Waals surface area contributed by atoms with Crippen LogP contribution < -0.4 is 5.43 Å². The molecule has 3 aromatic rings. The van der Waals surface area contributed by atoms with Crippen molar-refractivity contribution >= 4 is 39.4 Å². The van der Waals surface area contributed by atoms with E-state index in [4.69, 9.17) is 4.74 Å². The fourth-order valence-electron chi connectivity index (χ4n) is 2.14. The van der Waals surface area contributed by atoms with E-state index in [1.165, 1.54) is 11.3 Å². The van der Waals surface area contributed by atoms with Gasteiger partial charge in [0.2, 0.25) is 5.13 Å². The van der Waals surface area contributed by atoms with Gasteiger partial charge in [-0.25, -0.2) is 9.78 Å². The number of thiazole rings is 1. The van der Waals surface area contributed by atoms with E-state index in [0.29, 0.717) is 17.4 Å². The molecule has 0 unspecified atom stereocenters. The second-order valence-electron chi connectivity index (χ2n) is 4.70. The van der Waals surface area contributed by atoms with Gasteiger partial charge in [0.05, 0.1) is 12.8 Å². The SMILES string of the molecule is CCOC(=O)c1csc(N/N=C/c2cccc3ccccc23)n1. The number of carbonyl (C=O) groups excluding carboxylic acids is 1.